The maximum atomic E-state index is 2.57. The molecule has 0 radical (unpaired) electrons. The van der Waals surface area contributed by atoms with Crippen LogP contribution in [0.25, 0.3) is 121 Å². The molecule has 0 aliphatic carbocycles. The molecule has 0 saturated heterocycles. The zero-order valence-corrected chi connectivity index (χ0v) is 60.5. The average Bonchev–Trinajstić information content (AvgIpc) is 1.30. The molecule has 13 aromatic rings. The SMILES string of the molecule is CC(C)(C)c1ccc(-c2ccc(-c3c4ccc(-n5c6ccc([Si](C)(C)C)cc6c6cc([Si](C)(C)C)ccc65)cc4c(-c4ccc(-c5ccc([Si](C)(C)C)cc5)cc4)c4ccc(-n5c6ccc([Si](C)(C)C)cc6c6cc([Si](C)(C)C)ccc65)cc34)cc2)cc1. The van der Waals surface area contributed by atoms with Crippen molar-refractivity contribution in [3.8, 4) is 55.9 Å². The highest BCUT2D eigenvalue weighted by Gasteiger charge is 2.27. The minimum Gasteiger partial charge on any atom is -0.309 e. The number of nitrogens with zero attached hydrogens (tertiary/aromatic N) is 2. The van der Waals surface area contributed by atoms with Crippen molar-refractivity contribution in [2.45, 2.75) is 124 Å². The third-order valence-corrected chi connectivity index (χ3v) is 29.3. The van der Waals surface area contributed by atoms with Gasteiger partial charge in [-0.2, -0.15) is 0 Å². The highest BCUT2D eigenvalue weighted by molar-refractivity contribution is 6.90. The molecule has 0 bridgehead atoms. The Kier molecular flexibility index (Phi) is 14.3. The van der Waals surface area contributed by atoms with E-state index in [4.69, 9.17) is 0 Å². The van der Waals surface area contributed by atoms with Crippen LogP contribution in [0.1, 0.15) is 26.3 Å². The lowest BCUT2D eigenvalue weighted by molar-refractivity contribution is 0.590. The molecule has 2 heterocycles. The van der Waals surface area contributed by atoms with Gasteiger partial charge in [0.05, 0.1) is 62.4 Å². The normalized spacial score (nSPS) is 13.1. The van der Waals surface area contributed by atoms with Crippen molar-refractivity contribution in [3.05, 3.63) is 212 Å². The second-order valence-electron chi connectivity index (χ2n) is 31.6. The quantitative estimate of drug-likeness (QED) is 0.0902. The fourth-order valence-electron chi connectivity index (χ4n) is 13.6. The molecule has 0 atom stereocenters. The lowest BCUT2D eigenvalue weighted by atomic mass is 9.84. The van der Waals surface area contributed by atoms with E-state index in [2.05, 4.69) is 334 Å². The van der Waals surface area contributed by atoms with Gasteiger partial charge >= 0.3 is 0 Å². The molecule has 13 rings (SSSR count). The first-order valence-corrected chi connectivity index (χ1v) is 49.6. The summed E-state index contributed by atoms with van der Waals surface area (Å²) in [5.74, 6) is 0. The van der Waals surface area contributed by atoms with Crippen molar-refractivity contribution in [1.82, 2.24) is 9.13 Å². The van der Waals surface area contributed by atoms with E-state index in [1.54, 1.807) is 0 Å². The molecule has 88 heavy (non-hydrogen) atoms. The van der Waals surface area contributed by atoms with Crippen molar-refractivity contribution >= 4 is 131 Å². The van der Waals surface area contributed by atoms with Crippen molar-refractivity contribution in [1.29, 1.82) is 0 Å². The first-order chi connectivity index (χ1) is 41.4. The van der Waals surface area contributed by atoms with Gasteiger partial charge in [-0.05, 0) is 126 Å². The van der Waals surface area contributed by atoms with Crippen LogP contribution < -0.4 is 25.9 Å². The van der Waals surface area contributed by atoms with Gasteiger partial charge in [-0.25, -0.2) is 0 Å². The third-order valence-electron chi connectivity index (χ3n) is 19.1. The van der Waals surface area contributed by atoms with Gasteiger partial charge < -0.3 is 9.13 Å². The molecule has 0 saturated carbocycles. The van der Waals surface area contributed by atoms with Gasteiger partial charge in [0, 0.05) is 32.9 Å². The summed E-state index contributed by atoms with van der Waals surface area (Å²) >= 11 is 0. The Labute approximate surface area is 529 Å². The minimum atomic E-state index is -1.64. The van der Waals surface area contributed by atoms with E-state index < -0.39 is 40.4 Å². The van der Waals surface area contributed by atoms with Crippen molar-refractivity contribution in [2.75, 3.05) is 0 Å². The molecule has 0 spiro atoms. The van der Waals surface area contributed by atoms with Crippen molar-refractivity contribution in [3.63, 3.8) is 0 Å². The lowest BCUT2D eigenvalue weighted by Crippen LogP contribution is -2.37. The number of fused-ring (bicyclic) bond motifs is 8. The van der Waals surface area contributed by atoms with Gasteiger partial charge in [-0.3, -0.25) is 0 Å². The summed E-state index contributed by atoms with van der Waals surface area (Å²) in [6.45, 7) is 43.8. The van der Waals surface area contributed by atoms with Crippen LogP contribution in [-0.2, 0) is 5.41 Å². The van der Waals surface area contributed by atoms with Gasteiger partial charge in [-0.15, -0.1) is 0 Å². The largest absolute Gasteiger partial charge is 0.309 e. The average molecular weight is 1230 g/mol. The number of rotatable bonds is 11. The Morgan fingerprint density at radius 2 is 0.477 bits per heavy atom. The Morgan fingerprint density at radius 3 is 0.750 bits per heavy atom. The monoisotopic (exact) mass is 1230 g/mol. The Morgan fingerprint density at radius 1 is 0.227 bits per heavy atom. The molecular formula is C81H88N2Si5. The predicted molar refractivity (Wildman–Crippen MR) is 405 cm³/mol. The number of aromatic nitrogens is 2. The van der Waals surface area contributed by atoms with Crippen LogP contribution in [0, 0.1) is 0 Å². The fourth-order valence-corrected chi connectivity index (χ4v) is 19.4. The second kappa shape index (κ2) is 21.1. The molecule has 0 aliphatic heterocycles. The molecule has 442 valence electrons. The van der Waals surface area contributed by atoms with Gasteiger partial charge in [0.25, 0.3) is 0 Å². The van der Waals surface area contributed by atoms with E-state index in [0.29, 0.717) is 0 Å². The fraction of sp³-hybridized carbons (Fsp3) is 0.235. The molecule has 0 fully saturated rings. The smallest absolute Gasteiger partial charge is 0.0776 e. The summed E-state index contributed by atoms with van der Waals surface area (Å²) in [7, 11) is -8.01. The molecule has 0 unspecified atom stereocenters. The number of hydrogen-bond acceptors (Lipinski definition) is 0. The summed E-state index contributed by atoms with van der Waals surface area (Å²) in [6, 6.07) is 82.0. The van der Waals surface area contributed by atoms with E-state index in [-0.39, 0.29) is 5.41 Å². The minimum absolute atomic E-state index is 0.0833. The molecule has 11 aromatic carbocycles. The Balaban J connectivity index is 1.12. The highest BCUT2D eigenvalue weighted by atomic mass is 28.3. The molecule has 0 aliphatic rings. The zero-order chi connectivity index (χ0) is 62.4. The molecule has 7 heteroatoms. The van der Waals surface area contributed by atoms with Crippen molar-refractivity contribution < 1.29 is 0 Å². The summed E-state index contributed by atoms with van der Waals surface area (Å²) < 4.78 is 5.14. The maximum absolute atomic E-state index is 2.57. The van der Waals surface area contributed by atoms with Gasteiger partial charge in [0.1, 0.15) is 0 Å². The van der Waals surface area contributed by atoms with Crippen LogP contribution >= 0.6 is 0 Å². The van der Waals surface area contributed by atoms with Gasteiger partial charge in [-0.1, -0.05) is 303 Å². The Hall–Kier alpha value is -7.38. The first-order valence-electron chi connectivity index (χ1n) is 32.1. The lowest BCUT2D eigenvalue weighted by Gasteiger charge is -2.21. The van der Waals surface area contributed by atoms with Crippen LogP contribution in [0.2, 0.25) is 98.2 Å². The van der Waals surface area contributed by atoms with Crippen LogP contribution in [0.5, 0.6) is 0 Å². The highest BCUT2D eigenvalue weighted by Crippen LogP contribution is 2.47. The number of hydrogen-bond donors (Lipinski definition) is 0. The predicted octanol–water partition coefficient (Wildman–Crippen LogP) is 20.9. The zero-order valence-electron chi connectivity index (χ0n) is 55.5. The summed E-state index contributed by atoms with van der Waals surface area (Å²) in [5.41, 5.74) is 18.6. The van der Waals surface area contributed by atoms with Crippen LogP contribution in [0.3, 0.4) is 0 Å². The van der Waals surface area contributed by atoms with Crippen LogP contribution in [0.15, 0.2) is 206 Å². The maximum Gasteiger partial charge on any atom is 0.0776 e. The van der Waals surface area contributed by atoms with Gasteiger partial charge in [0.15, 0.2) is 0 Å². The first kappa shape index (κ1) is 59.6. The molecule has 2 nitrogen and oxygen atoms in total. The summed E-state index contributed by atoms with van der Waals surface area (Å²) in [5, 5.41) is 17.8. The van der Waals surface area contributed by atoms with Crippen LogP contribution in [0.4, 0.5) is 0 Å². The van der Waals surface area contributed by atoms with E-state index in [0.717, 1.165) is 0 Å². The van der Waals surface area contributed by atoms with E-state index in [1.807, 2.05) is 0 Å². The summed E-state index contributed by atoms with van der Waals surface area (Å²) in [6.07, 6.45) is 0. The van der Waals surface area contributed by atoms with E-state index >= 15 is 0 Å². The number of benzene rings is 11. The van der Waals surface area contributed by atoms with Gasteiger partial charge in [0.2, 0.25) is 0 Å². The molecule has 0 N–H and O–H groups in total. The van der Waals surface area contributed by atoms with Crippen molar-refractivity contribution in [2.24, 2.45) is 0 Å². The van der Waals surface area contributed by atoms with E-state index in [1.165, 1.54) is 153 Å². The van der Waals surface area contributed by atoms with Crippen LogP contribution in [-0.4, -0.2) is 49.5 Å². The molecule has 2 aromatic heterocycles. The standard InChI is InChI=1S/C81H88N2Si5/c1-81(2,3)59-31-27-55(28-32-59)53-19-23-57(24-20-53)79-67-41-33-61(83-77-45-39-65(87(13,14)15)51-71(77)72-52-66(88(16,17)18)40-46-78(72)83)48-74(67)80(58-25-21-54(22-26-58)56-29-35-62(36-30-56)84(4,5)6)68-42-34-60(47-73(68)79)82-75-43-37-63(85(7,8)9)49-69(75)70-50-64(86(10,11)12)38-44-76(70)82/h19-52H,1-18H3. The molecular weight excluding hydrogens is 1140 g/mol. The second-order valence-corrected chi connectivity index (χ2v) is 57.0. The Bertz CT molecular complexity index is 4450. The van der Waals surface area contributed by atoms with E-state index in [9.17, 15) is 0 Å². The topological polar surface area (TPSA) is 9.86 Å². The molecule has 0 amide bonds. The third kappa shape index (κ3) is 10.7. The summed E-state index contributed by atoms with van der Waals surface area (Å²) in [4.78, 5) is 0.